The molecule has 3 heterocycles. The zero-order chi connectivity index (χ0) is 14.3. The highest BCUT2D eigenvalue weighted by molar-refractivity contribution is 6.05. The first-order valence-electron chi connectivity index (χ1n) is 7.30. The van der Waals surface area contributed by atoms with Gasteiger partial charge in [0, 0.05) is 26.2 Å². The van der Waals surface area contributed by atoms with Gasteiger partial charge in [0.25, 0.3) is 5.91 Å². The predicted molar refractivity (Wildman–Crippen MR) is 71.0 cm³/mol. The summed E-state index contributed by atoms with van der Waals surface area (Å²) in [5.41, 5.74) is 0. The Hall–Kier alpha value is -1.79. The second-order valence-electron chi connectivity index (χ2n) is 5.57. The van der Waals surface area contributed by atoms with Gasteiger partial charge in [0.15, 0.2) is 0 Å². The Kier molecular flexibility index (Phi) is 3.27. The summed E-state index contributed by atoms with van der Waals surface area (Å²) in [6.45, 7) is 4.17. The SMILES string of the molecule is CCNC(=O)N1CC[C@@H](N2C(=O)[C@@H]3CCCN3C2=O)C1. The van der Waals surface area contributed by atoms with E-state index in [1.54, 1.807) is 9.80 Å². The van der Waals surface area contributed by atoms with E-state index in [0.717, 1.165) is 12.8 Å². The largest absolute Gasteiger partial charge is 0.338 e. The number of nitrogens with one attached hydrogen (secondary N) is 1. The number of fused-ring (bicyclic) bond motifs is 1. The molecule has 3 fully saturated rings. The Morgan fingerprint density at radius 1 is 1.30 bits per heavy atom. The van der Waals surface area contributed by atoms with Crippen LogP contribution in [0, 0.1) is 0 Å². The molecule has 0 spiro atoms. The Labute approximate surface area is 117 Å². The third kappa shape index (κ3) is 1.92. The average Bonchev–Trinajstić information content (AvgIpc) is 3.11. The molecule has 3 rings (SSSR count). The van der Waals surface area contributed by atoms with Crippen molar-refractivity contribution in [2.75, 3.05) is 26.2 Å². The van der Waals surface area contributed by atoms with Crippen LogP contribution in [-0.4, -0.2) is 70.9 Å². The van der Waals surface area contributed by atoms with E-state index < -0.39 is 0 Å². The van der Waals surface area contributed by atoms with Crippen LogP contribution in [0.15, 0.2) is 0 Å². The quantitative estimate of drug-likeness (QED) is 0.735. The number of nitrogens with zero attached hydrogens (tertiary/aromatic N) is 3. The van der Waals surface area contributed by atoms with E-state index in [1.807, 2.05) is 6.92 Å². The van der Waals surface area contributed by atoms with Crippen molar-refractivity contribution in [3.63, 3.8) is 0 Å². The van der Waals surface area contributed by atoms with Crippen molar-refractivity contribution in [3.05, 3.63) is 0 Å². The number of likely N-dealkylation sites (tertiary alicyclic amines) is 1. The molecule has 7 nitrogen and oxygen atoms in total. The van der Waals surface area contributed by atoms with Gasteiger partial charge < -0.3 is 15.1 Å². The molecule has 0 radical (unpaired) electrons. The molecule has 3 aliphatic rings. The summed E-state index contributed by atoms with van der Waals surface area (Å²) < 4.78 is 0. The summed E-state index contributed by atoms with van der Waals surface area (Å²) in [5, 5.41) is 2.75. The Morgan fingerprint density at radius 3 is 2.80 bits per heavy atom. The summed E-state index contributed by atoms with van der Waals surface area (Å²) >= 11 is 0. The smallest absolute Gasteiger partial charge is 0.327 e. The maximum absolute atomic E-state index is 12.3. The average molecular weight is 280 g/mol. The fourth-order valence-electron chi connectivity index (χ4n) is 3.38. The van der Waals surface area contributed by atoms with E-state index in [0.29, 0.717) is 32.6 Å². The molecule has 1 N–H and O–H groups in total. The number of carbonyl (C=O) groups is 3. The molecule has 110 valence electrons. The van der Waals surface area contributed by atoms with E-state index in [4.69, 9.17) is 0 Å². The molecular formula is C13H20N4O3. The van der Waals surface area contributed by atoms with Crippen LogP contribution in [-0.2, 0) is 4.79 Å². The van der Waals surface area contributed by atoms with E-state index >= 15 is 0 Å². The molecule has 3 aliphatic heterocycles. The second-order valence-corrected chi connectivity index (χ2v) is 5.57. The normalized spacial score (nSPS) is 29.4. The van der Waals surface area contributed by atoms with E-state index in [-0.39, 0.29) is 30.1 Å². The summed E-state index contributed by atoms with van der Waals surface area (Å²) in [6.07, 6.45) is 2.36. The molecular weight excluding hydrogens is 260 g/mol. The minimum Gasteiger partial charge on any atom is -0.338 e. The zero-order valence-electron chi connectivity index (χ0n) is 11.7. The molecule has 2 atom stereocenters. The lowest BCUT2D eigenvalue weighted by atomic mass is 10.2. The summed E-state index contributed by atoms with van der Waals surface area (Å²) in [4.78, 5) is 41.2. The number of hydrogen-bond acceptors (Lipinski definition) is 3. The molecule has 5 amide bonds. The van der Waals surface area contributed by atoms with Gasteiger partial charge in [-0.15, -0.1) is 0 Å². The molecule has 0 aromatic carbocycles. The molecule has 0 aromatic rings. The number of urea groups is 2. The molecule has 0 aliphatic carbocycles. The predicted octanol–water partition coefficient (Wildman–Crippen LogP) is 0.217. The summed E-state index contributed by atoms with van der Waals surface area (Å²) in [6, 6.07) is -0.695. The minimum absolute atomic E-state index is 0.0738. The molecule has 0 aromatic heterocycles. The first kappa shape index (κ1) is 13.2. The Morgan fingerprint density at radius 2 is 2.10 bits per heavy atom. The van der Waals surface area contributed by atoms with Crippen LogP contribution in [0.4, 0.5) is 9.59 Å². The van der Waals surface area contributed by atoms with Gasteiger partial charge >= 0.3 is 12.1 Å². The van der Waals surface area contributed by atoms with Gasteiger partial charge in [-0.3, -0.25) is 9.69 Å². The van der Waals surface area contributed by atoms with Crippen molar-refractivity contribution in [2.45, 2.75) is 38.3 Å². The molecule has 3 saturated heterocycles. The van der Waals surface area contributed by atoms with Gasteiger partial charge in [-0.2, -0.15) is 0 Å². The molecule has 20 heavy (non-hydrogen) atoms. The van der Waals surface area contributed by atoms with Crippen LogP contribution in [0.25, 0.3) is 0 Å². The van der Waals surface area contributed by atoms with Crippen LogP contribution >= 0.6 is 0 Å². The highest BCUT2D eigenvalue weighted by Gasteiger charge is 2.51. The first-order valence-corrected chi connectivity index (χ1v) is 7.30. The van der Waals surface area contributed by atoms with Crippen LogP contribution in [0.1, 0.15) is 26.2 Å². The van der Waals surface area contributed by atoms with Crippen LogP contribution in [0.3, 0.4) is 0 Å². The zero-order valence-corrected chi connectivity index (χ0v) is 11.7. The van der Waals surface area contributed by atoms with Crippen LogP contribution in [0.2, 0.25) is 0 Å². The number of amides is 5. The van der Waals surface area contributed by atoms with Crippen molar-refractivity contribution < 1.29 is 14.4 Å². The third-order valence-electron chi connectivity index (χ3n) is 4.37. The summed E-state index contributed by atoms with van der Waals surface area (Å²) in [5.74, 6) is -0.0738. The van der Waals surface area contributed by atoms with Gasteiger partial charge in [0.05, 0.1) is 6.04 Å². The highest BCUT2D eigenvalue weighted by atomic mass is 16.2. The molecule has 0 unspecified atom stereocenters. The Balaban J connectivity index is 1.68. The van der Waals surface area contributed by atoms with Gasteiger partial charge in [0.2, 0.25) is 0 Å². The van der Waals surface area contributed by atoms with Crippen molar-refractivity contribution in [1.29, 1.82) is 0 Å². The molecule has 0 bridgehead atoms. The highest BCUT2D eigenvalue weighted by Crippen LogP contribution is 2.31. The lowest BCUT2D eigenvalue weighted by Crippen LogP contribution is -2.45. The number of carbonyl (C=O) groups excluding carboxylic acids is 3. The van der Waals surface area contributed by atoms with E-state index in [2.05, 4.69) is 5.32 Å². The van der Waals surface area contributed by atoms with Crippen LogP contribution < -0.4 is 5.32 Å². The lowest BCUT2D eigenvalue weighted by molar-refractivity contribution is -0.129. The standard InChI is InChI=1S/C13H20N4O3/c1-2-14-12(19)15-7-5-9(8-15)17-11(18)10-4-3-6-16(10)13(17)20/h9-10H,2-8H2,1H3,(H,14,19)/t9-,10+/m1/s1. The molecule has 0 saturated carbocycles. The van der Waals surface area contributed by atoms with Gasteiger partial charge in [0.1, 0.15) is 6.04 Å². The lowest BCUT2D eigenvalue weighted by Gasteiger charge is -2.23. The maximum atomic E-state index is 12.3. The van der Waals surface area contributed by atoms with Gasteiger partial charge in [-0.25, -0.2) is 9.59 Å². The fourth-order valence-corrected chi connectivity index (χ4v) is 3.38. The van der Waals surface area contributed by atoms with Crippen molar-refractivity contribution in [1.82, 2.24) is 20.0 Å². The van der Waals surface area contributed by atoms with E-state index in [9.17, 15) is 14.4 Å². The third-order valence-corrected chi connectivity index (χ3v) is 4.37. The van der Waals surface area contributed by atoms with Crippen molar-refractivity contribution in [2.24, 2.45) is 0 Å². The fraction of sp³-hybridized carbons (Fsp3) is 0.769. The maximum Gasteiger partial charge on any atom is 0.327 e. The van der Waals surface area contributed by atoms with Crippen LogP contribution in [0.5, 0.6) is 0 Å². The molecule has 7 heteroatoms. The topological polar surface area (TPSA) is 73.0 Å². The first-order chi connectivity index (χ1) is 9.63. The van der Waals surface area contributed by atoms with Gasteiger partial charge in [-0.1, -0.05) is 0 Å². The van der Waals surface area contributed by atoms with Gasteiger partial charge in [-0.05, 0) is 26.2 Å². The van der Waals surface area contributed by atoms with Crippen molar-refractivity contribution in [3.8, 4) is 0 Å². The number of imide groups is 1. The second kappa shape index (κ2) is 4.96. The monoisotopic (exact) mass is 280 g/mol. The minimum atomic E-state index is -0.249. The van der Waals surface area contributed by atoms with E-state index in [1.165, 1.54) is 4.90 Å². The summed E-state index contributed by atoms with van der Waals surface area (Å²) in [7, 11) is 0. The number of hydrogen-bond donors (Lipinski definition) is 1. The van der Waals surface area contributed by atoms with Crippen molar-refractivity contribution >= 4 is 18.0 Å². The number of rotatable bonds is 2. The Bertz CT molecular complexity index is 431.